The third kappa shape index (κ3) is 7.36. The van der Waals surface area contributed by atoms with Gasteiger partial charge in [-0.2, -0.15) is 4.99 Å². The molecule has 0 spiro atoms. The van der Waals surface area contributed by atoms with E-state index in [-0.39, 0.29) is 5.75 Å². The maximum atomic E-state index is 14.1. The Labute approximate surface area is 184 Å². The number of guanidine groups is 2. The molecule has 8 nitrogen and oxygen atoms in total. The highest BCUT2D eigenvalue weighted by molar-refractivity contribution is 6.01. The highest BCUT2D eigenvalue weighted by Gasteiger charge is 2.16. The Balaban J connectivity index is 1.70. The molecule has 1 saturated carbocycles. The molecule has 31 heavy (non-hydrogen) atoms. The van der Waals surface area contributed by atoms with Crippen LogP contribution in [0.3, 0.4) is 0 Å². The Hall–Kier alpha value is -2.39. The minimum absolute atomic E-state index is 0.194. The second kappa shape index (κ2) is 11.9. The molecule has 0 radical (unpaired) electrons. The van der Waals surface area contributed by atoms with Crippen LogP contribution in [0.2, 0.25) is 0 Å². The van der Waals surface area contributed by atoms with E-state index >= 15 is 0 Å². The van der Waals surface area contributed by atoms with Gasteiger partial charge < -0.3 is 25.6 Å². The van der Waals surface area contributed by atoms with Crippen molar-refractivity contribution < 1.29 is 9.13 Å². The second-order valence-electron chi connectivity index (χ2n) is 8.27. The van der Waals surface area contributed by atoms with Crippen molar-refractivity contribution in [1.29, 1.82) is 0 Å². The van der Waals surface area contributed by atoms with Gasteiger partial charge in [-0.1, -0.05) is 25.7 Å². The number of hydrogen-bond donors (Lipinski definition) is 3. The van der Waals surface area contributed by atoms with E-state index in [2.05, 4.69) is 32.6 Å². The van der Waals surface area contributed by atoms with Crippen LogP contribution in [-0.4, -0.2) is 74.8 Å². The lowest BCUT2D eigenvalue weighted by Crippen LogP contribution is -2.50. The highest BCUT2D eigenvalue weighted by atomic mass is 19.1. The van der Waals surface area contributed by atoms with Crippen LogP contribution < -0.4 is 21.1 Å². The number of aliphatic imine (C=N–C) groups is 2. The largest absolute Gasteiger partial charge is 0.494 e. The number of likely N-dealkylation sites (N-methyl/N-ethyl adjacent to an activating group) is 1. The molecule has 4 N–H and O–H groups in total. The van der Waals surface area contributed by atoms with E-state index in [0.717, 1.165) is 26.2 Å². The van der Waals surface area contributed by atoms with Gasteiger partial charge in [0.2, 0.25) is 5.96 Å². The minimum Gasteiger partial charge on any atom is -0.494 e. The van der Waals surface area contributed by atoms with E-state index in [0.29, 0.717) is 30.3 Å². The summed E-state index contributed by atoms with van der Waals surface area (Å²) in [6.07, 6.45) is 7.48. The average molecular weight is 434 g/mol. The molecule has 0 bridgehead atoms. The summed E-state index contributed by atoms with van der Waals surface area (Å²) in [5.41, 5.74) is 6.82. The fraction of sp³-hybridized carbons (Fsp3) is 0.636. The third-order valence-corrected chi connectivity index (χ3v) is 5.92. The fourth-order valence-electron chi connectivity index (χ4n) is 3.92. The molecule has 1 heterocycles. The third-order valence-electron chi connectivity index (χ3n) is 5.92. The first-order chi connectivity index (χ1) is 15.0. The number of ether oxygens (including phenoxy) is 1. The number of anilines is 1. The summed E-state index contributed by atoms with van der Waals surface area (Å²) in [5.74, 6) is 0.531. The molecule has 1 aliphatic heterocycles. The average Bonchev–Trinajstić information content (AvgIpc) is 3.03. The number of nitrogens with one attached hydrogen (secondary N) is 2. The van der Waals surface area contributed by atoms with E-state index < -0.39 is 5.82 Å². The Morgan fingerprint density at radius 2 is 1.87 bits per heavy atom. The van der Waals surface area contributed by atoms with Crippen molar-refractivity contribution in [1.82, 2.24) is 15.1 Å². The van der Waals surface area contributed by atoms with Crippen molar-refractivity contribution in [2.45, 2.75) is 44.6 Å². The van der Waals surface area contributed by atoms with Gasteiger partial charge in [0.15, 0.2) is 17.5 Å². The zero-order chi connectivity index (χ0) is 22.1. The predicted molar refractivity (Wildman–Crippen MR) is 124 cm³/mol. The summed E-state index contributed by atoms with van der Waals surface area (Å²) >= 11 is 0. The first-order valence-electron chi connectivity index (χ1n) is 11.2. The van der Waals surface area contributed by atoms with Gasteiger partial charge in [-0.15, -0.1) is 0 Å². The molecule has 1 aromatic rings. The summed E-state index contributed by atoms with van der Waals surface area (Å²) in [6, 6.07) is 5.16. The SMILES string of the molecule is COc1ccc(NC(=N/CNC2CCCCCC2)/N=C(\N)N2CCN(C)CC2)cc1F. The monoisotopic (exact) mass is 433 g/mol. The lowest BCUT2D eigenvalue weighted by Gasteiger charge is -2.33. The molecule has 0 atom stereocenters. The van der Waals surface area contributed by atoms with Crippen molar-refractivity contribution in [2.24, 2.45) is 15.7 Å². The van der Waals surface area contributed by atoms with E-state index in [9.17, 15) is 4.39 Å². The number of nitrogens with zero attached hydrogens (tertiary/aromatic N) is 4. The molecule has 2 aliphatic rings. The first-order valence-corrected chi connectivity index (χ1v) is 11.2. The lowest BCUT2D eigenvalue weighted by molar-refractivity contribution is 0.214. The molecule has 1 saturated heterocycles. The number of benzene rings is 1. The Bertz CT molecular complexity index is 754. The van der Waals surface area contributed by atoms with Crippen LogP contribution >= 0.6 is 0 Å². The zero-order valence-electron chi connectivity index (χ0n) is 18.7. The van der Waals surface area contributed by atoms with Gasteiger partial charge in [0.25, 0.3) is 0 Å². The number of nitrogens with two attached hydrogens (primary N) is 1. The van der Waals surface area contributed by atoms with Crippen LogP contribution in [0.15, 0.2) is 28.2 Å². The molecule has 3 rings (SSSR count). The fourth-order valence-corrected chi connectivity index (χ4v) is 3.92. The topological polar surface area (TPSA) is 90.5 Å². The van der Waals surface area contributed by atoms with Gasteiger partial charge in [0.05, 0.1) is 13.8 Å². The number of hydrogen-bond acceptors (Lipinski definition) is 4. The van der Waals surface area contributed by atoms with Crippen molar-refractivity contribution in [3.63, 3.8) is 0 Å². The van der Waals surface area contributed by atoms with Crippen LogP contribution in [0.5, 0.6) is 5.75 Å². The molecule has 1 aromatic carbocycles. The van der Waals surface area contributed by atoms with Gasteiger partial charge in [-0.3, -0.25) is 5.32 Å². The summed E-state index contributed by atoms with van der Waals surface area (Å²) in [4.78, 5) is 13.4. The first kappa shape index (κ1) is 23.3. The second-order valence-corrected chi connectivity index (χ2v) is 8.27. The van der Waals surface area contributed by atoms with E-state index in [1.165, 1.54) is 51.7 Å². The summed E-state index contributed by atoms with van der Waals surface area (Å²) in [6.45, 7) is 3.93. The van der Waals surface area contributed by atoms with Gasteiger partial charge in [0, 0.05) is 44.0 Å². The van der Waals surface area contributed by atoms with E-state index in [4.69, 9.17) is 10.5 Å². The maximum Gasteiger partial charge on any atom is 0.227 e. The van der Waals surface area contributed by atoms with Crippen LogP contribution in [0.1, 0.15) is 38.5 Å². The summed E-state index contributed by atoms with van der Waals surface area (Å²) in [5, 5.41) is 6.62. The van der Waals surface area contributed by atoms with Gasteiger partial charge in [-0.05, 0) is 32.0 Å². The van der Waals surface area contributed by atoms with Gasteiger partial charge >= 0.3 is 0 Å². The number of methoxy groups -OCH3 is 1. The maximum absolute atomic E-state index is 14.1. The normalized spacial score (nSPS) is 19.9. The lowest BCUT2D eigenvalue weighted by atomic mass is 10.1. The van der Waals surface area contributed by atoms with Crippen LogP contribution in [0.4, 0.5) is 10.1 Å². The van der Waals surface area contributed by atoms with Crippen molar-refractivity contribution in [3.05, 3.63) is 24.0 Å². The van der Waals surface area contributed by atoms with Crippen LogP contribution in [-0.2, 0) is 0 Å². The van der Waals surface area contributed by atoms with E-state index in [1.54, 1.807) is 12.1 Å². The van der Waals surface area contributed by atoms with Gasteiger partial charge in [0.1, 0.15) is 0 Å². The van der Waals surface area contributed by atoms with Crippen LogP contribution in [0.25, 0.3) is 0 Å². The number of rotatable bonds is 5. The van der Waals surface area contributed by atoms with Gasteiger partial charge in [-0.25, -0.2) is 9.38 Å². The smallest absolute Gasteiger partial charge is 0.227 e. The molecule has 1 aliphatic carbocycles. The number of piperazine rings is 1. The molecule has 2 fully saturated rings. The Morgan fingerprint density at radius 3 is 2.52 bits per heavy atom. The standard InChI is InChI=1S/C22H36FN7O/c1-29-11-13-30(14-12-29)21(24)28-22(26-16-25-17-7-5-3-4-6-8-17)27-18-9-10-20(31-2)19(23)15-18/h9-10,15,17,25H,3-8,11-14,16H2,1-2H3,(H3,24,26,27,28). The molecular weight excluding hydrogens is 397 g/mol. The van der Waals surface area contributed by atoms with Crippen molar-refractivity contribution in [2.75, 3.05) is 52.3 Å². The predicted octanol–water partition coefficient (Wildman–Crippen LogP) is 2.43. The summed E-state index contributed by atoms with van der Waals surface area (Å²) < 4.78 is 19.1. The number of halogens is 1. The molecule has 0 aromatic heterocycles. The van der Waals surface area contributed by atoms with Crippen LogP contribution in [0, 0.1) is 5.82 Å². The highest BCUT2D eigenvalue weighted by Crippen LogP contribution is 2.21. The van der Waals surface area contributed by atoms with Crippen molar-refractivity contribution >= 4 is 17.6 Å². The van der Waals surface area contributed by atoms with Crippen molar-refractivity contribution in [3.8, 4) is 5.75 Å². The Morgan fingerprint density at radius 1 is 1.16 bits per heavy atom. The molecule has 0 unspecified atom stereocenters. The zero-order valence-corrected chi connectivity index (χ0v) is 18.7. The minimum atomic E-state index is -0.445. The van der Waals surface area contributed by atoms with E-state index in [1.807, 2.05) is 4.90 Å². The molecular formula is C22H36FN7O. The summed E-state index contributed by atoms with van der Waals surface area (Å²) in [7, 11) is 3.54. The molecule has 9 heteroatoms. The molecule has 0 amide bonds. The molecule has 172 valence electrons. The Kier molecular flexibility index (Phi) is 8.90. The quantitative estimate of drug-likeness (QED) is 0.375.